The van der Waals surface area contributed by atoms with E-state index in [9.17, 15) is 9.18 Å². The fourth-order valence-corrected chi connectivity index (χ4v) is 3.17. The van der Waals surface area contributed by atoms with Crippen molar-refractivity contribution in [2.75, 3.05) is 6.61 Å². The fourth-order valence-electron chi connectivity index (χ4n) is 3.17. The summed E-state index contributed by atoms with van der Waals surface area (Å²) in [4.78, 5) is 12.3. The van der Waals surface area contributed by atoms with Gasteiger partial charge in [-0.1, -0.05) is 25.1 Å². The van der Waals surface area contributed by atoms with Crippen LogP contribution in [0.25, 0.3) is 16.9 Å². The van der Waals surface area contributed by atoms with E-state index in [-0.39, 0.29) is 0 Å². The molecule has 0 radical (unpaired) electrons. The number of halogens is 1. The standard InChI is InChI=1S/C26H23FN4O2/c1-2-16-33-24-14-10-19(11-15-24)25-21(18-31(30-25)23-6-4-3-5-7-23)17-28-29-26(32)20-8-12-22(27)13-9-20/h3-15,17-18H,2,16H2,1H3,(H,29,32)/b28-17-. The van der Waals surface area contributed by atoms with Crippen molar-refractivity contribution < 1.29 is 13.9 Å². The molecule has 0 spiro atoms. The number of hydrogen-bond donors (Lipinski definition) is 1. The predicted molar refractivity (Wildman–Crippen MR) is 126 cm³/mol. The monoisotopic (exact) mass is 442 g/mol. The van der Waals surface area contributed by atoms with E-state index in [1.165, 1.54) is 24.3 Å². The molecule has 1 amide bonds. The van der Waals surface area contributed by atoms with Gasteiger partial charge in [0.25, 0.3) is 5.91 Å². The quantitative estimate of drug-likeness (QED) is 0.300. The molecule has 6 nitrogen and oxygen atoms in total. The Balaban J connectivity index is 1.60. The smallest absolute Gasteiger partial charge is 0.271 e. The van der Waals surface area contributed by atoms with Gasteiger partial charge in [0.05, 0.1) is 18.5 Å². The number of para-hydroxylation sites is 1. The lowest BCUT2D eigenvalue weighted by molar-refractivity contribution is 0.0955. The number of hydrogen-bond acceptors (Lipinski definition) is 4. The van der Waals surface area contributed by atoms with Crippen LogP contribution in [0.4, 0.5) is 4.39 Å². The number of hydrazone groups is 1. The van der Waals surface area contributed by atoms with Crippen LogP contribution in [-0.2, 0) is 0 Å². The zero-order valence-corrected chi connectivity index (χ0v) is 18.1. The number of carbonyl (C=O) groups excluding carboxylic acids is 1. The summed E-state index contributed by atoms with van der Waals surface area (Å²) >= 11 is 0. The van der Waals surface area contributed by atoms with Gasteiger partial charge in [0, 0.05) is 22.9 Å². The number of benzene rings is 3. The lowest BCUT2D eigenvalue weighted by Gasteiger charge is -2.05. The molecule has 3 aromatic carbocycles. The molecule has 0 fully saturated rings. The summed E-state index contributed by atoms with van der Waals surface area (Å²) in [6, 6.07) is 22.7. The Kier molecular flexibility index (Phi) is 6.90. The van der Waals surface area contributed by atoms with Crippen LogP contribution in [0, 0.1) is 5.82 Å². The van der Waals surface area contributed by atoms with Crippen LogP contribution in [0.15, 0.2) is 90.2 Å². The largest absolute Gasteiger partial charge is 0.494 e. The molecular formula is C26H23FN4O2. The molecule has 0 bridgehead atoms. The van der Waals surface area contributed by atoms with E-state index >= 15 is 0 Å². The summed E-state index contributed by atoms with van der Waals surface area (Å²) in [7, 11) is 0. The molecule has 0 aliphatic carbocycles. The van der Waals surface area contributed by atoms with E-state index < -0.39 is 11.7 Å². The van der Waals surface area contributed by atoms with Gasteiger partial charge in [0.15, 0.2) is 0 Å². The van der Waals surface area contributed by atoms with Crippen molar-refractivity contribution in [1.29, 1.82) is 0 Å². The normalized spacial score (nSPS) is 11.0. The SMILES string of the molecule is CCCOc1ccc(-c2nn(-c3ccccc3)cc2/C=N\NC(=O)c2ccc(F)cc2)cc1. The Morgan fingerprint density at radius 3 is 2.48 bits per heavy atom. The Labute approximate surface area is 191 Å². The molecule has 4 aromatic rings. The van der Waals surface area contributed by atoms with E-state index in [1.54, 1.807) is 10.9 Å². The van der Waals surface area contributed by atoms with Gasteiger partial charge in [-0.25, -0.2) is 14.5 Å². The highest BCUT2D eigenvalue weighted by Gasteiger charge is 2.12. The van der Waals surface area contributed by atoms with Crippen LogP contribution in [0.3, 0.4) is 0 Å². The molecule has 33 heavy (non-hydrogen) atoms. The summed E-state index contributed by atoms with van der Waals surface area (Å²) in [5, 5.41) is 8.83. The van der Waals surface area contributed by atoms with Crippen LogP contribution in [0.1, 0.15) is 29.3 Å². The maximum absolute atomic E-state index is 13.1. The average molecular weight is 442 g/mol. The van der Waals surface area contributed by atoms with Crippen LogP contribution >= 0.6 is 0 Å². The van der Waals surface area contributed by atoms with Crippen molar-refractivity contribution in [3.8, 4) is 22.7 Å². The van der Waals surface area contributed by atoms with Crippen molar-refractivity contribution in [1.82, 2.24) is 15.2 Å². The number of carbonyl (C=O) groups is 1. The number of aromatic nitrogens is 2. The third kappa shape index (κ3) is 5.51. The molecule has 0 aliphatic heterocycles. The minimum atomic E-state index is -0.430. The van der Waals surface area contributed by atoms with Gasteiger partial charge in [-0.15, -0.1) is 0 Å². The number of ether oxygens (including phenoxy) is 1. The first-order valence-corrected chi connectivity index (χ1v) is 10.6. The maximum Gasteiger partial charge on any atom is 0.271 e. The van der Waals surface area contributed by atoms with Crippen molar-refractivity contribution >= 4 is 12.1 Å². The minimum absolute atomic E-state index is 0.316. The van der Waals surface area contributed by atoms with Crippen LogP contribution in [0.5, 0.6) is 5.75 Å². The van der Waals surface area contributed by atoms with E-state index in [1.807, 2.05) is 60.8 Å². The fraction of sp³-hybridized carbons (Fsp3) is 0.115. The van der Waals surface area contributed by atoms with Crippen LogP contribution in [-0.4, -0.2) is 28.5 Å². The predicted octanol–water partition coefficient (Wildman–Crippen LogP) is 5.23. The number of nitrogens with zero attached hydrogens (tertiary/aromatic N) is 3. The molecule has 1 aromatic heterocycles. The first-order valence-electron chi connectivity index (χ1n) is 10.6. The van der Waals surface area contributed by atoms with Gasteiger partial charge in [0.2, 0.25) is 0 Å². The molecule has 1 heterocycles. The molecular weight excluding hydrogens is 419 g/mol. The van der Waals surface area contributed by atoms with Gasteiger partial charge in [-0.2, -0.15) is 10.2 Å². The second-order valence-corrected chi connectivity index (χ2v) is 7.29. The van der Waals surface area contributed by atoms with Crippen molar-refractivity contribution in [2.24, 2.45) is 5.10 Å². The Morgan fingerprint density at radius 2 is 1.79 bits per heavy atom. The molecule has 0 unspecified atom stereocenters. The molecule has 1 N–H and O–H groups in total. The Bertz CT molecular complexity index is 1230. The molecule has 0 atom stereocenters. The number of nitrogens with one attached hydrogen (secondary N) is 1. The van der Waals surface area contributed by atoms with Crippen molar-refractivity contribution in [3.63, 3.8) is 0 Å². The van der Waals surface area contributed by atoms with E-state index in [0.717, 1.165) is 29.0 Å². The van der Waals surface area contributed by atoms with Crippen molar-refractivity contribution in [2.45, 2.75) is 13.3 Å². The summed E-state index contributed by atoms with van der Waals surface area (Å²) in [6.45, 7) is 2.72. The van der Waals surface area contributed by atoms with Crippen LogP contribution < -0.4 is 10.2 Å². The number of amides is 1. The molecule has 0 saturated heterocycles. The van der Waals surface area contributed by atoms with Gasteiger partial charge < -0.3 is 4.74 Å². The first-order chi connectivity index (χ1) is 16.1. The zero-order chi connectivity index (χ0) is 23.0. The van der Waals surface area contributed by atoms with Gasteiger partial charge >= 0.3 is 0 Å². The second kappa shape index (κ2) is 10.4. The van der Waals surface area contributed by atoms with E-state index in [4.69, 9.17) is 9.84 Å². The Hall–Kier alpha value is -4.26. The second-order valence-electron chi connectivity index (χ2n) is 7.29. The Morgan fingerprint density at radius 1 is 1.06 bits per heavy atom. The van der Waals surface area contributed by atoms with Crippen molar-refractivity contribution in [3.05, 3.63) is 102 Å². The molecule has 166 valence electrons. The lowest BCUT2D eigenvalue weighted by Crippen LogP contribution is -2.17. The van der Waals surface area contributed by atoms with Gasteiger partial charge in [0.1, 0.15) is 17.3 Å². The van der Waals surface area contributed by atoms with Crippen LogP contribution in [0.2, 0.25) is 0 Å². The summed E-state index contributed by atoms with van der Waals surface area (Å²) in [5.74, 6) is -0.0373. The molecule has 0 aliphatic rings. The highest BCUT2D eigenvalue weighted by atomic mass is 19.1. The topological polar surface area (TPSA) is 68.5 Å². The third-order valence-corrected chi connectivity index (χ3v) is 4.84. The maximum atomic E-state index is 13.1. The summed E-state index contributed by atoms with van der Waals surface area (Å²) in [5.41, 5.74) is 6.01. The first kappa shape index (κ1) is 22.0. The molecule has 7 heteroatoms. The summed E-state index contributed by atoms with van der Waals surface area (Å²) < 4.78 is 20.5. The highest BCUT2D eigenvalue weighted by Crippen LogP contribution is 2.25. The lowest BCUT2D eigenvalue weighted by atomic mass is 10.1. The minimum Gasteiger partial charge on any atom is -0.494 e. The van der Waals surface area contributed by atoms with E-state index in [0.29, 0.717) is 17.9 Å². The average Bonchev–Trinajstić information content (AvgIpc) is 3.28. The molecule has 0 saturated carbocycles. The van der Waals surface area contributed by atoms with E-state index in [2.05, 4.69) is 17.5 Å². The highest BCUT2D eigenvalue weighted by molar-refractivity contribution is 5.95. The zero-order valence-electron chi connectivity index (χ0n) is 18.1. The number of rotatable bonds is 8. The van der Waals surface area contributed by atoms with Gasteiger partial charge in [-0.05, 0) is 67.1 Å². The van der Waals surface area contributed by atoms with Gasteiger partial charge in [-0.3, -0.25) is 4.79 Å². The summed E-state index contributed by atoms with van der Waals surface area (Å²) in [6.07, 6.45) is 4.33. The third-order valence-electron chi connectivity index (χ3n) is 4.84. The molecule has 4 rings (SSSR count).